The number of anilines is 1. The Balaban J connectivity index is 2.38. The van der Waals surface area contributed by atoms with Crippen LogP contribution in [0.15, 0.2) is 24.3 Å². The van der Waals surface area contributed by atoms with Crippen molar-refractivity contribution in [2.24, 2.45) is 0 Å². The topological polar surface area (TPSA) is 29.1 Å². The first-order valence-electron chi connectivity index (χ1n) is 4.68. The molecular formula is C11H12ClNO. The largest absolute Gasteiger partial charge is 0.324 e. The third-order valence-corrected chi connectivity index (χ3v) is 2.96. The van der Waals surface area contributed by atoms with Gasteiger partial charge in [-0.2, -0.15) is 0 Å². The van der Waals surface area contributed by atoms with Gasteiger partial charge in [0.2, 0.25) is 5.91 Å². The van der Waals surface area contributed by atoms with Gasteiger partial charge >= 0.3 is 0 Å². The number of benzene rings is 1. The maximum absolute atomic E-state index is 11.7. The summed E-state index contributed by atoms with van der Waals surface area (Å²) in [6.07, 6.45) is 1.52. The second kappa shape index (κ2) is 3.28. The van der Waals surface area contributed by atoms with E-state index in [2.05, 4.69) is 5.32 Å². The molecule has 0 saturated heterocycles. The zero-order valence-corrected chi connectivity index (χ0v) is 8.77. The van der Waals surface area contributed by atoms with Crippen LogP contribution in [0.5, 0.6) is 0 Å². The summed E-state index contributed by atoms with van der Waals surface area (Å²) < 4.78 is 0. The molecule has 2 rings (SSSR count). The molecule has 14 heavy (non-hydrogen) atoms. The molecule has 0 aliphatic carbocycles. The smallest absolute Gasteiger partial charge is 0.245 e. The highest BCUT2D eigenvalue weighted by Gasteiger charge is 2.33. The van der Waals surface area contributed by atoms with Gasteiger partial charge in [0, 0.05) is 5.69 Å². The number of para-hydroxylation sites is 1. The molecule has 0 radical (unpaired) electrons. The van der Waals surface area contributed by atoms with Gasteiger partial charge in [0.05, 0.1) is 0 Å². The SMILES string of the molecule is CC1(Cl)CCc2ccccc2NC1=O. The molecule has 1 atom stereocenters. The molecule has 1 heterocycles. The Kier molecular flexibility index (Phi) is 2.23. The van der Waals surface area contributed by atoms with Crippen LogP contribution >= 0.6 is 11.6 Å². The van der Waals surface area contributed by atoms with E-state index in [4.69, 9.17) is 11.6 Å². The van der Waals surface area contributed by atoms with Gasteiger partial charge in [0.25, 0.3) is 0 Å². The van der Waals surface area contributed by atoms with E-state index < -0.39 is 4.87 Å². The number of amides is 1. The Labute approximate surface area is 88.3 Å². The van der Waals surface area contributed by atoms with Crippen LogP contribution in [-0.2, 0) is 11.2 Å². The monoisotopic (exact) mass is 209 g/mol. The van der Waals surface area contributed by atoms with Crippen molar-refractivity contribution in [2.45, 2.75) is 24.6 Å². The van der Waals surface area contributed by atoms with E-state index >= 15 is 0 Å². The fourth-order valence-corrected chi connectivity index (χ4v) is 1.74. The van der Waals surface area contributed by atoms with Gasteiger partial charge in [-0.3, -0.25) is 4.79 Å². The van der Waals surface area contributed by atoms with Gasteiger partial charge in [-0.1, -0.05) is 18.2 Å². The fourth-order valence-electron chi connectivity index (χ4n) is 1.60. The van der Waals surface area contributed by atoms with E-state index in [1.165, 1.54) is 0 Å². The zero-order valence-electron chi connectivity index (χ0n) is 8.01. The Morgan fingerprint density at radius 1 is 1.43 bits per heavy atom. The molecule has 2 nitrogen and oxygen atoms in total. The summed E-state index contributed by atoms with van der Waals surface area (Å²) in [5.74, 6) is -0.107. The summed E-state index contributed by atoms with van der Waals surface area (Å²) >= 11 is 6.11. The molecule has 1 amide bonds. The van der Waals surface area contributed by atoms with Gasteiger partial charge in [-0.25, -0.2) is 0 Å². The number of nitrogens with one attached hydrogen (secondary N) is 1. The molecule has 1 aromatic rings. The third-order valence-electron chi connectivity index (χ3n) is 2.60. The van der Waals surface area contributed by atoms with Crippen LogP contribution in [0.3, 0.4) is 0 Å². The number of aryl methyl sites for hydroxylation is 1. The van der Waals surface area contributed by atoms with Crippen molar-refractivity contribution in [1.29, 1.82) is 0 Å². The minimum Gasteiger partial charge on any atom is -0.324 e. The number of carbonyl (C=O) groups is 1. The van der Waals surface area contributed by atoms with Crippen LogP contribution < -0.4 is 5.32 Å². The number of hydrogen-bond donors (Lipinski definition) is 1. The molecule has 0 fully saturated rings. The first-order chi connectivity index (χ1) is 6.59. The molecule has 3 heteroatoms. The van der Waals surface area contributed by atoms with Crippen molar-refractivity contribution in [3.8, 4) is 0 Å². The molecule has 0 bridgehead atoms. The maximum atomic E-state index is 11.7. The van der Waals surface area contributed by atoms with Crippen molar-refractivity contribution in [3.05, 3.63) is 29.8 Å². The second-order valence-electron chi connectivity index (χ2n) is 3.81. The molecule has 1 aliphatic heterocycles. The van der Waals surface area contributed by atoms with Crippen molar-refractivity contribution in [2.75, 3.05) is 5.32 Å². The number of fused-ring (bicyclic) bond motifs is 1. The van der Waals surface area contributed by atoms with Crippen molar-refractivity contribution >= 4 is 23.2 Å². The molecule has 0 spiro atoms. The Morgan fingerprint density at radius 3 is 2.93 bits per heavy atom. The van der Waals surface area contributed by atoms with E-state index in [0.29, 0.717) is 6.42 Å². The molecule has 1 N–H and O–H groups in total. The van der Waals surface area contributed by atoms with Crippen LogP contribution in [0.25, 0.3) is 0 Å². The van der Waals surface area contributed by atoms with E-state index in [-0.39, 0.29) is 5.91 Å². The van der Waals surface area contributed by atoms with Gasteiger partial charge in [0.1, 0.15) is 4.87 Å². The van der Waals surface area contributed by atoms with E-state index in [0.717, 1.165) is 17.7 Å². The fraction of sp³-hybridized carbons (Fsp3) is 0.364. The number of rotatable bonds is 0. The summed E-state index contributed by atoms with van der Waals surface area (Å²) in [5, 5.41) is 2.84. The van der Waals surface area contributed by atoms with Crippen LogP contribution in [0.2, 0.25) is 0 Å². The first kappa shape index (κ1) is 9.53. The number of halogens is 1. The molecule has 0 aromatic heterocycles. The molecule has 1 aromatic carbocycles. The Bertz CT molecular complexity index is 373. The lowest BCUT2D eigenvalue weighted by Crippen LogP contribution is -2.33. The van der Waals surface area contributed by atoms with Crippen molar-refractivity contribution in [3.63, 3.8) is 0 Å². The highest BCUT2D eigenvalue weighted by Crippen LogP contribution is 2.30. The van der Waals surface area contributed by atoms with Gasteiger partial charge in [0.15, 0.2) is 0 Å². The van der Waals surface area contributed by atoms with E-state index in [1.807, 2.05) is 24.3 Å². The zero-order chi connectivity index (χ0) is 10.2. The van der Waals surface area contributed by atoms with Crippen LogP contribution in [0.4, 0.5) is 5.69 Å². The molecule has 0 saturated carbocycles. The Morgan fingerprint density at radius 2 is 2.14 bits per heavy atom. The normalized spacial score (nSPS) is 26.3. The van der Waals surface area contributed by atoms with Crippen LogP contribution in [0, 0.1) is 0 Å². The maximum Gasteiger partial charge on any atom is 0.245 e. The predicted octanol–water partition coefficient (Wildman–Crippen LogP) is 2.57. The van der Waals surface area contributed by atoms with Crippen LogP contribution in [-0.4, -0.2) is 10.8 Å². The highest BCUT2D eigenvalue weighted by atomic mass is 35.5. The van der Waals surface area contributed by atoms with Gasteiger partial charge in [-0.05, 0) is 31.4 Å². The lowest BCUT2D eigenvalue weighted by atomic mass is 10.0. The highest BCUT2D eigenvalue weighted by molar-refractivity contribution is 6.36. The summed E-state index contributed by atoms with van der Waals surface area (Å²) in [4.78, 5) is 10.9. The summed E-state index contributed by atoms with van der Waals surface area (Å²) in [6.45, 7) is 1.76. The molecule has 1 unspecified atom stereocenters. The first-order valence-corrected chi connectivity index (χ1v) is 5.06. The lowest BCUT2D eigenvalue weighted by molar-refractivity contribution is -0.118. The minimum absolute atomic E-state index is 0.107. The van der Waals surface area contributed by atoms with Gasteiger partial charge in [-0.15, -0.1) is 11.6 Å². The summed E-state index contributed by atoms with van der Waals surface area (Å²) in [6, 6.07) is 7.82. The van der Waals surface area contributed by atoms with Gasteiger partial charge < -0.3 is 5.32 Å². The average molecular weight is 210 g/mol. The number of hydrogen-bond acceptors (Lipinski definition) is 1. The van der Waals surface area contributed by atoms with E-state index in [1.54, 1.807) is 6.92 Å². The lowest BCUT2D eigenvalue weighted by Gasteiger charge is -2.16. The predicted molar refractivity (Wildman–Crippen MR) is 57.7 cm³/mol. The number of carbonyl (C=O) groups excluding carboxylic acids is 1. The second-order valence-corrected chi connectivity index (χ2v) is 4.64. The third kappa shape index (κ3) is 1.62. The minimum atomic E-state index is -0.779. The number of alkyl halides is 1. The summed E-state index contributed by atoms with van der Waals surface area (Å²) in [5.41, 5.74) is 2.05. The average Bonchev–Trinajstić information content (AvgIpc) is 2.26. The molecule has 74 valence electrons. The van der Waals surface area contributed by atoms with Crippen molar-refractivity contribution in [1.82, 2.24) is 0 Å². The van der Waals surface area contributed by atoms with Crippen LogP contribution in [0.1, 0.15) is 18.9 Å². The molecule has 1 aliphatic rings. The summed E-state index contributed by atoms with van der Waals surface area (Å²) in [7, 11) is 0. The van der Waals surface area contributed by atoms with Crippen molar-refractivity contribution < 1.29 is 4.79 Å². The standard InChI is InChI=1S/C11H12ClNO/c1-11(12)7-6-8-4-2-3-5-9(8)13-10(11)14/h2-5H,6-7H2,1H3,(H,13,14). The molecular weight excluding hydrogens is 198 g/mol. The quantitative estimate of drug-likeness (QED) is 0.654. The Hall–Kier alpha value is -1.02. The van der Waals surface area contributed by atoms with E-state index in [9.17, 15) is 4.79 Å².